The highest BCUT2D eigenvalue weighted by Crippen LogP contribution is 2.26. The molecule has 0 aromatic carbocycles. The van der Waals surface area contributed by atoms with Crippen molar-refractivity contribution in [1.29, 1.82) is 0 Å². The van der Waals surface area contributed by atoms with Crippen molar-refractivity contribution in [1.82, 2.24) is 4.90 Å². The number of nitrogens with zero attached hydrogens (tertiary/aromatic N) is 1. The monoisotopic (exact) mass is 289 g/mol. The van der Waals surface area contributed by atoms with Crippen molar-refractivity contribution in [3.8, 4) is 0 Å². The Hall–Kier alpha value is -0.620. The van der Waals surface area contributed by atoms with Gasteiger partial charge in [-0.2, -0.15) is 0 Å². The first-order valence-electron chi connectivity index (χ1n) is 5.71. The molecule has 0 N–H and O–H groups in total. The minimum atomic E-state index is -0.221. The van der Waals surface area contributed by atoms with Crippen LogP contribution in [0.4, 0.5) is 0 Å². The number of esters is 1. The van der Waals surface area contributed by atoms with E-state index < -0.39 is 0 Å². The average molecular weight is 290 g/mol. The number of likely N-dealkylation sites (tertiary alicyclic amines) is 1. The molecule has 1 aromatic rings. The Morgan fingerprint density at radius 2 is 2.39 bits per heavy atom. The van der Waals surface area contributed by atoms with Crippen LogP contribution in [-0.4, -0.2) is 43.8 Å². The van der Waals surface area contributed by atoms with Gasteiger partial charge in [-0.3, -0.25) is 9.69 Å². The van der Waals surface area contributed by atoms with Crippen molar-refractivity contribution in [2.45, 2.75) is 25.1 Å². The molecule has 0 bridgehead atoms. The van der Waals surface area contributed by atoms with Crippen LogP contribution in [0.5, 0.6) is 0 Å². The number of halogens is 1. The van der Waals surface area contributed by atoms with E-state index in [1.54, 1.807) is 18.4 Å². The summed E-state index contributed by atoms with van der Waals surface area (Å²) >= 11 is 7.50. The van der Waals surface area contributed by atoms with E-state index in [1.165, 1.54) is 7.11 Å². The number of carbonyl (C=O) groups excluding carboxylic acids is 1. The zero-order chi connectivity index (χ0) is 13.1. The molecule has 18 heavy (non-hydrogen) atoms. The lowest BCUT2D eigenvalue weighted by atomic mass is 10.2. The van der Waals surface area contributed by atoms with Gasteiger partial charge in [-0.05, 0) is 6.07 Å². The molecule has 1 aliphatic rings. The van der Waals surface area contributed by atoms with Gasteiger partial charge in [0.2, 0.25) is 0 Å². The standard InChI is InChI=1S/C12H16ClNO3S/c1-16-9-4-11(12(15)17-2)14(5-9)6-10-3-8(13)7-18-10/h3,7,9,11H,4-6H2,1-2H3/t9-,11-/m0/s1. The second kappa shape index (κ2) is 6.02. The molecule has 0 saturated carbocycles. The van der Waals surface area contributed by atoms with Crippen molar-refractivity contribution >= 4 is 28.9 Å². The normalized spacial score (nSPS) is 24.4. The maximum Gasteiger partial charge on any atom is 0.323 e. The lowest BCUT2D eigenvalue weighted by molar-refractivity contribution is -0.146. The maximum atomic E-state index is 11.7. The Kier molecular flexibility index (Phi) is 4.61. The van der Waals surface area contributed by atoms with Gasteiger partial charge in [0.25, 0.3) is 0 Å². The molecule has 1 aliphatic heterocycles. The predicted molar refractivity (Wildman–Crippen MR) is 71.0 cm³/mol. The Labute approximate surface area is 115 Å². The summed E-state index contributed by atoms with van der Waals surface area (Å²) in [7, 11) is 3.09. The average Bonchev–Trinajstić information content (AvgIpc) is 2.95. The van der Waals surface area contributed by atoms with Crippen LogP contribution < -0.4 is 0 Å². The molecule has 6 heteroatoms. The summed E-state index contributed by atoms with van der Waals surface area (Å²) in [4.78, 5) is 15.0. The Morgan fingerprint density at radius 1 is 1.61 bits per heavy atom. The lowest BCUT2D eigenvalue weighted by Crippen LogP contribution is -2.36. The molecular weight excluding hydrogens is 274 g/mol. The summed E-state index contributed by atoms with van der Waals surface area (Å²) in [5.74, 6) is -0.197. The summed E-state index contributed by atoms with van der Waals surface area (Å²) in [6.45, 7) is 1.45. The van der Waals surface area contributed by atoms with Crippen LogP contribution in [0.2, 0.25) is 5.02 Å². The van der Waals surface area contributed by atoms with Crippen LogP contribution in [0.1, 0.15) is 11.3 Å². The fourth-order valence-electron chi connectivity index (χ4n) is 2.23. The Balaban J connectivity index is 2.06. The molecular formula is C12H16ClNO3S. The van der Waals surface area contributed by atoms with E-state index in [0.29, 0.717) is 13.0 Å². The van der Waals surface area contributed by atoms with Crippen molar-refractivity contribution in [3.63, 3.8) is 0 Å². The quantitative estimate of drug-likeness (QED) is 0.796. The van der Waals surface area contributed by atoms with Crippen molar-refractivity contribution < 1.29 is 14.3 Å². The van der Waals surface area contributed by atoms with Crippen molar-refractivity contribution in [3.05, 3.63) is 21.3 Å². The first kappa shape index (κ1) is 13.8. The molecule has 2 atom stereocenters. The molecule has 4 nitrogen and oxygen atoms in total. The predicted octanol–water partition coefficient (Wildman–Crippen LogP) is 2.16. The molecule has 1 saturated heterocycles. The molecule has 1 fully saturated rings. The van der Waals surface area contributed by atoms with E-state index in [2.05, 4.69) is 4.90 Å². The highest BCUT2D eigenvalue weighted by atomic mass is 35.5. The second-order valence-corrected chi connectivity index (χ2v) is 5.73. The summed E-state index contributed by atoms with van der Waals surface area (Å²) < 4.78 is 10.2. The number of rotatable bonds is 4. The van der Waals surface area contributed by atoms with Gasteiger partial charge in [0.05, 0.1) is 18.2 Å². The van der Waals surface area contributed by atoms with E-state index in [-0.39, 0.29) is 18.1 Å². The van der Waals surface area contributed by atoms with Gasteiger partial charge in [-0.25, -0.2) is 0 Å². The second-order valence-electron chi connectivity index (χ2n) is 4.29. The third kappa shape index (κ3) is 3.03. The van der Waals surface area contributed by atoms with Gasteiger partial charge in [0.1, 0.15) is 6.04 Å². The molecule has 0 spiro atoms. The van der Waals surface area contributed by atoms with Crippen LogP contribution in [0.3, 0.4) is 0 Å². The molecule has 2 rings (SSSR count). The molecule has 0 aliphatic carbocycles. The minimum absolute atomic E-state index is 0.0875. The summed E-state index contributed by atoms with van der Waals surface area (Å²) in [6, 6.07) is 1.71. The SMILES string of the molecule is COC(=O)[C@@H]1C[C@H](OC)CN1Cc1cc(Cl)cs1. The van der Waals surface area contributed by atoms with Crippen LogP contribution in [0, 0.1) is 0 Å². The number of hydrogen-bond acceptors (Lipinski definition) is 5. The van der Waals surface area contributed by atoms with Crippen molar-refractivity contribution in [2.75, 3.05) is 20.8 Å². The fraction of sp³-hybridized carbons (Fsp3) is 0.583. The fourth-order valence-corrected chi connectivity index (χ4v) is 3.32. The third-order valence-electron chi connectivity index (χ3n) is 3.15. The highest BCUT2D eigenvalue weighted by Gasteiger charge is 2.37. The molecule has 0 unspecified atom stereocenters. The van der Waals surface area contributed by atoms with Gasteiger partial charge >= 0.3 is 5.97 Å². The summed E-state index contributed by atoms with van der Waals surface area (Å²) in [5, 5.41) is 2.64. The van der Waals surface area contributed by atoms with E-state index in [9.17, 15) is 4.79 Å². The molecule has 100 valence electrons. The first-order valence-corrected chi connectivity index (χ1v) is 6.97. The Morgan fingerprint density at radius 3 is 2.94 bits per heavy atom. The van der Waals surface area contributed by atoms with E-state index in [0.717, 1.165) is 16.4 Å². The van der Waals surface area contributed by atoms with Crippen molar-refractivity contribution in [2.24, 2.45) is 0 Å². The number of methoxy groups -OCH3 is 2. The largest absolute Gasteiger partial charge is 0.468 e. The van der Waals surface area contributed by atoms with Crippen LogP contribution in [-0.2, 0) is 20.8 Å². The van der Waals surface area contributed by atoms with E-state index in [4.69, 9.17) is 21.1 Å². The zero-order valence-corrected chi connectivity index (χ0v) is 12.0. The summed E-state index contributed by atoms with van der Waals surface area (Å²) in [6.07, 6.45) is 0.770. The number of hydrogen-bond donors (Lipinski definition) is 0. The molecule has 0 amide bonds. The lowest BCUT2D eigenvalue weighted by Gasteiger charge is -2.21. The highest BCUT2D eigenvalue weighted by molar-refractivity contribution is 7.10. The minimum Gasteiger partial charge on any atom is -0.468 e. The topological polar surface area (TPSA) is 38.8 Å². The van der Waals surface area contributed by atoms with E-state index >= 15 is 0 Å². The summed E-state index contributed by atoms with van der Waals surface area (Å²) in [5.41, 5.74) is 0. The number of thiophene rings is 1. The van der Waals surface area contributed by atoms with Crippen LogP contribution in [0.25, 0.3) is 0 Å². The zero-order valence-electron chi connectivity index (χ0n) is 10.4. The third-order valence-corrected chi connectivity index (χ3v) is 4.42. The Bertz CT molecular complexity index is 423. The smallest absolute Gasteiger partial charge is 0.323 e. The van der Waals surface area contributed by atoms with Gasteiger partial charge in [0, 0.05) is 36.9 Å². The maximum absolute atomic E-state index is 11.7. The number of carbonyl (C=O) groups is 1. The number of ether oxygens (including phenoxy) is 2. The van der Waals surface area contributed by atoms with Gasteiger partial charge < -0.3 is 9.47 Å². The first-order chi connectivity index (χ1) is 8.63. The van der Waals surface area contributed by atoms with E-state index in [1.807, 2.05) is 11.4 Å². The molecule has 1 aromatic heterocycles. The van der Waals surface area contributed by atoms with Gasteiger partial charge in [-0.1, -0.05) is 11.6 Å². The van der Waals surface area contributed by atoms with Crippen LogP contribution >= 0.6 is 22.9 Å². The molecule has 2 heterocycles. The van der Waals surface area contributed by atoms with Crippen LogP contribution in [0.15, 0.2) is 11.4 Å². The van der Waals surface area contributed by atoms with Gasteiger partial charge in [0.15, 0.2) is 0 Å². The molecule has 0 radical (unpaired) electrons. The van der Waals surface area contributed by atoms with Gasteiger partial charge in [-0.15, -0.1) is 11.3 Å².